The van der Waals surface area contributed by atoms with Gasteiger partial charge in [-0.15, -0.1) is 0 Å². The van der Waals surface area contributed by atoms with E-state index in [1.807, 2.05) is 30.3 Å². The summed E-state index contributed by atoms with van der Waals surface area (Å²) < 4.78 is 0. The van der Waals surface area contributed by atoms with Crippen molar-refractivity contribution in [1.82, 2.24) is 0 Å². The van der Waals surface area contributed by atoms with E-state index in [0.717, 1.165) is 5.56 Å². The smallest absolute Gasteiger partial charge is 0.270 e. The first kappa shape index (κ1) is 14.9. The lowest BCUT2D eigenvalue weighted by Crippen LogP contribution is -2.32. The van der Waals surface area contributed by atoms with Gasteiger partial charge in [0.1, 0.15) is 6.04 Å². The van der Waals surface area contributed by atoms with Crippen LogP contribution >= 0.6 is 0 Å². The molecule has 2 aromatic rings. The molecule has 1 atom stereocenters. The van der Waals surface area contributed by atoms with E-state index >= 15 is 0 Å². The molecular weight excluding hydrogens is 294 g/mol. The fourth-order valence-corrected chi connectivity index (χ4v) is 2.66. The summed E-state index contributed by atoms with van der Waals surface area (Å²) >= 11 is 0. The summed E-state index contributed by atoms with van der Waals surface area (Å²) in [5.74, 6) is -0.147. The topological polar surface area (TPSA) is 75.8 Å². The van der Waals surface area contributed by atoms with Gasteiger partial charge in [0.05, 0.1) is 16.3 Å². The van der Waals surface area contributed by atoms with Crippen LogP contribution in [-0.2, 0) is 4.79 Å². The number of benzene rings is 2. The largest absolute Gasteiger partial charge is 0.313 e. The second-order valence-corrected chi connectivity index (χ2v) is 5.38. The summed E-state index contributed by atoms with van der Waals surface area (Å²) in [6.45, 7) is 1.72. The summed E-state index contributed by atoms with van der Waals surface area (Å²) in [6.07, 6.45) is 0. The highest BCUT2D eigenvalue weighted by Gasteiger charge is 2.28. The number of benzodiazepines with no additional fused rings is 1. The zero-order chi connectivity index (χ0) is 16.6. The number of hydrogen-bond acceptors (Lipinski definition) is 4. The molecule has 1 heterocycles. The van der Waals surface area contributed by atoms with E-state index in [1.54, 1.807) is 20.0 Å². The molecule has 0 N–H and O–H groups in total. The summed E-state index contributed by atoms with van der Waals surface area (Å²) in [7, 11) is 1.66. The van der Waals surface area contributed by atoms with Gasteiger partial charge < -0.3 is 4.90 Å². The zero-order valence-corrected chi connectivity index (χ0v) is 12.8. The van der Waals surface area contributed by atoms with Gasteiger partial charge in [0.25, 0.3) is 11.6 Å². The lowest BCUT2D eigenvalue weighted by molar-refractivity contribution is -0.384. The number of non-ortho nitro benzene ring substituents is 1. The average molecular weight is 309 g/mol. The summed E-state index contributed by atoms with van der Waals surface area (Å²) in [4.78, 5) is 29.1. The highest BCUT2D eigenvalue weighted by atomic mass is 16.6. The predicted molar refractivity (Wildman–Crippen MR) is 88.0 cm³/mol. The Morgan fingerprint density at radius 3 is 2.52 bits per heavy atom. The summed E-state index contributed by atoms with van der Waals surface area (Å²) in [6, 6.07) is 13.3. The highest BCUT2D eigenvalue weighted by molar-refractivity contribution is 6.20. The molecule has 2 aromatic carbocycles. The fourth-order valence-electron chi connectivity index (χ4n) is 2.66. The van der Waals surface area contributed by atoms with Crippen molar-refractivity contribution < 1.29 is 9.72 Å². The first-order valence-corrected chi connectivity index (χ1v) is 7.18. The number of aliphatic imine (C=N–C) groups is 1. The van der Waals surface area contributed by atoms with Crippen molar-refractivity contribution in [2.24, 2.45) is 4.99 Å². The van der Waals surface area contributed by atoms with Crippen molar-refractivity contribution in [3.63, 3.8) is 0 Å². The third kappa shape index (κ3) is 2.59. The third-order valence-electron chi connectivity index (χ3n) is 3.87. The van der Waals surface area contributed by atoms with Gasteiger partial charge in [-0.05, 0) is 13.0 Å². The van der Waals surface area contributed by atoms with E-state index in [1.165, 1.54) is 17.0 Å². The average Bonchev–Trinajstić information content (AvgIpc) is 2.66. The lowest BCUT2D eigenvalue weighted by Gasteiger charge is -2.18. The van der Waals surface area contributed by atoms with Crippen molar-refractivity contribution in [1.29, 1.82) is 0 Å². The van der Waals surface area contributed by atoms with Crippen molar-refractivity contribution >= 4 is 23.0 Å². The molecule has 1 aliphatic heterocycles. The number of carbonyl (C=O) groups excluding carboxylic acids is 1. The molecule has 6 nitrogen and oxygen atoms in total. The number of fused-ring (bicyclic) bond motifs is 1. The molecular formula is C17H15N3O3. The first-order chi connectivity index (χ1) is 11.0. The number of nitro groups is 1. The minimum atomic E-state index is -0.554. The van der Waals surface area contributed by atoms with E-state index in [9.17, 15) is 14.9 Å². The minimum Gasteiger partial charge on any atom is -0.313 e. The summed E-state index contributed by atoms with van der Waals surface area (Å²) in [5.41, 5.74) is 2.60. The molecule has 0 radical (unpaired) electrons. The van der Waals surface area contributed by atoms with Crippen molar-refractivity contribution in [3.8, 4) is 0 Å². The number of rotatable bonds is 2. The number of nitrogens with zero attached hydrogens (tertiary/aromatic N) is 3. The summed E-state index contributed by atoms with van der Waals surface area (Å²) in [5, 5.41) is 11.1. The molecule has 0 unspecified atom stereocenters. The molecule has 116 valence electrons. The van der Waals surface area contributed by atoms with Gasteiger partial charge in [-0.1, -0.05) is 30.3 Å². The molecule has 1 aliphatic rings. The Kier molecular flexibility index (Phi) is 3.65. The van der Waals surface area contributed by atoms with Gasteiger partial charge in [-0.3, -0.25) is 19.9 Å². The number of nitro benzene ring substituents is 1. The second-order valence-electron chi connectivity index (χ2n) is 5.38. The molecule has 0 aliphatic carbocycles. The standard InChI is InChI=1S/C17H15N3O3/c1-11-17(21)19(2)15-9-8-13(20(22)23)10-14(15)16(18-11)12-6-4-3-5-7-12/h3-11H,1-2H3/t11-/m0/s1. The number of hydrogen-bond donors (Lipinski definition) is 0. The maximum Gasteiger partial charge on any atom is 0.270 e. The van der Waals surface area contributed by atoms with Crippen molar-refractivity contribution in [3.05, 3.63) is 69.8 Å². The quantitative estimate of drug-likeness (QED) is 0.632. The predicted octanol–water partition coefficient (Wildman–Crippen LogP) is 2.80. The highest BCUT2D eigenvalue weighted by Crippen LogP contribution is 2.30. The van der Waals surface area contributed by atoms with Crippen LogP contribution in [0.2, 0.25) is 0 Å². The fraction of sp³-hybridized carbons (Fsp3) is 0.176. The molecule has 6 heteroatoms. The molecule has 23 heavy (non-hydrogen) atoms. The molecule has 0 spiro atoms. The van der Waals surface area contributed by atoms with E-state index in [4.69, 9.17) is 0 Å². The number of anilines is 1. The third-order valence-corrected chi connectivity index (χ3v) is 3.87. The Hall–Kier alpha value is -3.02. The molecule has 0 saturated carbocycles. The van der Waals surface area contributed by atoms with Crippen molar-refractivity contribution in [2.45, 2.75) is 13.0 Å². The number of carbonyl (C=O) groups is 1. The van der Waals surface area contributed by atoms with Gasteiger partial charge in [-0.2, -0.15) is 0 Å². The van der Waals surface area contributed by atoms with Crippen LogP contribution in [-0.4, -0.2) is 29.6 Å². The maximum absolute atomic E-state index is 12.4. The van der Waals surface area contributed by atoms with Crippen LogP contribution in [0.4, 0.5) is 11.4 Å². The van der Waals surface area contributed by atoms with Crippen LogP contribution < -0.4 is 4.90 Å². The van der Waals surface area contributed by atoms with Crippen LogP contribution in [0.1, 0.15) is 18.1 Å². The van der Waals surface area contributed by atoms with Crippen LogP contribution in [0.25, 0.3) is 0 Å². The van der Waals surface area contributed by atoms with Gasteiger partial charge in [-0.25, -0.2) is 0 Å². The Morgan fingerprint density at radius 1 is 1.17 bits per heavy atom. The van der Waals surface area contributed by atoms with E-state index in [-0.39, 0.29) is 11.6 Å². The monoisotopic (exact) mass is 309 g/mol. The molecule has 1 amide bonds. The van der Waals surface area contributed by atoms with Crippen LogP contribution in [0.15, 0.2) is 53.5 Å². The van der Waals surface area contributed by atoms with Crippen LogP contribution in [0.3, 0.4) is 0 Å². The van der Waals surface area contributed by atoms with Gasteiger partial charge >= 0.3 is 0 Å². The van der Waals surface area contributed by atoms with Crippen molar-refractivity contribution in [2.75, 3.05) is 11.9 Å². The van der Waals surface area contributed by atoms with Crippen LogP contribution in [0.5, 0.6) is 0 Å². The van der Waals surface area contributed by atoms with E-state index < -0.39 is 11.0 Å². The van der Waals surface area contributed by atoms with Crippen LogP contribution in [0, 0.1) is 10.1 Å². The Bertz CT molecular complexity index is 815. The molecule has 0 aromatic heterocycles. The Morgan fingerprint density at radius 2 is 1.87 bits per heavy atom. The van der Waals surface area contributed by atoms with Gasteiger partial charge in [0.15, 0.2) is 0 Å². The molecule has 0 bridgehead atoms. The maximum atomic E-state index is 12.4. The zero-order valence-electron chi connectivity index (χ0n) is 12.8. The molecule has 3 rings (SSSR count). The SMILES string of the molecule is C[C@@H]1N=C(c2ccccc2)c2cc([N+](=O)[O-])ccc2N(C)C1=O. The molecule has 0 fully saturated rings. The molecule has 0 saturated heterocycles. The number of likely N-dealkylation sites (N-methyl/N-ethyl adjacent to an activating group) is 1. The second kappa shape index (κ2) is 5.64. The van der Waals surface area contributed by atoms with Gasteiger partial charge in [0.2, 0.25) is 0 Å². The number of amides is 1. The van der Waals surface area contributed by atoms with E-state index in [0.29, 0.717) is 17.0 Å². The van der Waals surface area contributed by atoms with E-state index in [2.05, 4.69) is 4.99 Å². The normalized spacial score (nSPS) is 17.3. The van der Waals surface area contributed by atoms with Gasteiger partial charge in [0, 0.05) is 30.3 Å². The lowest BCUT2D eigenvalue weighted by atomic mass is 9.99. The first-order valence-electron chi connectivity index (χ1n) is 7.18. The Balaban J connectivity index is 2.28. The Labute approximate surface area is 133 Å². The minimum absolute atomic E-state index is 0.0252.